The summed E-state index contributed by atoms with van der Waals surface area (Å²) in [5.74, 6) is -165. The molecule has 0 heterocycles. The highest BCUT2D eigenvalue weighted by Crippen LogP contribution is 2.68. The van der Waals surface area contributed by atoms with E-state index >= 15 is 52.7 Å². The lowest BCUT2D eigenvalue weighted by Gasteiger charge is -2.57. The van der Waals surface area contributed by atoms with Crippen molar-refractivity contribution in [3.8, 4) is 0 Å². The summed E-state index contributed by atoms with van der Waals surface area (Å²) in [5.41, 5.74) is 0. The molecule has 0 saturated heterocycles. The van der Waals surface area contributed by atoms with Gasteiger partial charge in [0.1, 0.15) is 0 Å². The molecule has 0 radical (unpaired) electrons. The fraction of sp³-hybridized carbons (Fsp3) is 1.00. The Hall–Kier alpha value is -3.30. The minimum atomic E-state index is -12.5. The van der Waals surface area contributed by atoms with Gasteiger partial charge >= 0.3 is 119 Å². The van der Waals surface area contributed by atoms with Crippen molar-refractivity contribution in [3.05, 3.63) is 0 Å². The van der Waals surface area contributed by atoms with Crippen molar-refractivity contribution in [3.63, 3.8) is 0 Å². The third-order valence-corrected chi connectivity index (χ3v) is 9.67. The lowest BCUT2D eigenvalue weighted by Crippen LogP contribution is -2.87. The zero-order chi connectivity index (χ0) is 60.8. The zero-order valence-electron chi connectivity index (χ0n) is 31.0. The fourth-order valence-corrected chi connectivity index (χ4v) is 5.37. The van der Waals surface area contributed by atoms with Crippen LogP contribution in [0.5, 0.6) is 0 Å². The Morgan fingerprint density at radius 1 is 0.151 bits per heavy atom. The molecule has 440 valence electrons. The normalized spacial score (nSPS) is 19.4. The fourth-order valence-electron chi connectivity index (χ4n) is 5.37. The molecular formula is C24H4BF48-. The Bertz CT molecular complexity index is 1650. The first kappa shape index (κ1) is 69.7. The van der Waals surface area contributed by atoms with E-state index in [0.717, 1.165) is 0 Å². The van der Waals surface area contributed by atoms with Gasteiger partial charge in [0.25, 0.3) is 0 Å². The van der Waals surface area contributed by atoms with Gasteiger partial charge in [-0.2, -0.15) is 158 Å². The predicted molar refractivity (Wildman–Crippen MR) is 129 cm³/mol. The molecule has 0 rings (SSSR count). The Kier molecular flexibility index (Phi) is 16.6. The van der Waals surface area contributed by atoms with Crippen LogP contribution in [0.15, 0.2) is 0 Å². The molecule has 49 heteroatoms. The molecule has 0 aliphatic heterocycles. The van der Waals surface area contributed by atoms with E-state index in [-0.39, 0.29) is 0 Å². The van der Waals surface area contributed by atoms with Crippen LogP contribution < -0.4 is 0 Å². The summed E-state index contributed by atoms with van der Waals surface area (Å²) in [7, 11) is 0. The van der Waals surface area contributed by atoms with Gasteiger partial charge in [0, 0.05) is 0 Å². The highest BCUT2D eigenvalue weighted by Gasteiger charge is 2.97. The van der Waals surface area contributed by atoms with Crippen molar-refractivity contribution in [2.24, 2.45) is 0 Å². The van der Waals surface area contributed by atoms with Crippen LogP contribution in [0.3, 0.4) is 0 Å². The van der Waals surface area contributed by atoms with Gasteiger partial charge in [-0.05, 0) is 0 Å². The second kappa shape index (κ2) is 17.4. The van der Waals surface area contributed by atoms with E-state index in [9.17, 15) is 158 Å². The van der Waals surface area contributed by atoms with Gasteiger partial charge in [0.2, 0.25) is 0 Å². The summed E-state index contributed by atoms with van der Waals surface area (Å²) in [4.78, 5) is 0. The minimum Gasteiger partial charge on any atom is -0.283 e. The van der Waals surface area contributed by atoms with Gasteiger partial charge < -0.3 is 0 Å². The predicted octanol–water partition coefficient (Wildman–Crippen LogP) is 15.4. The maximum atomic E-state index is 15.8. The first-order valence-corrected chi connectivity index (χ1v) is 15.7. The molecule has 4 atom stereocenters. The molecule has 0 amide bonds. The average molecular weight is 1220 g/mol. The van der Waals surface area contributed by atoms with Crippen LogP contribution in [-0.4, -0.2) is 150 Å². The maximum absolute atomic E-state index is 15.8. The molecule has 0 aromatic carbocycles. The van der Waals surface area contributed by atoms with Crippen LogP contribution in [0.1, 0.15) is 0 Å². The standard InChI is InChI=1S/C24H4BF48/c26-1(5(30,31)9(38,39)13(46,47)17(54,55)21(62,63)64)25(2(27)6(32,33)10(40,41)14(48,49)18(56,57)22(65,66)67,3(28)7(34,35)11(42,43)15(50,51)19(58,59)23(68,69)70)4(29)8(36,37)12(44,45)16(52,53)20(60,61)24(71,72)73/h1-4H/q-1. The van der Waals surface area contributed by atoms with Crippen molar-refractivity contribution in [1.82, 2.24) is 0 Å². The molecule has 0 spiro atoms. The first-order valence-electron chi connectivity index (χ1n) is 15.7. The SMILES string of the molecule is FC([B-](C(F)C(F)(F)C(F)(F)C(F)(F)C(F)(F)C(F)(F)F)(C(F)C(F)(F)C(F)(F)C(F)(F)C(F)(F)C(F)(F)F)C(F)C(F)(F)C(F)(F)C(F)(F)C(F)(F)C(F)(F)F)C(F)(F)C(F)(F)C(F)(F)C(F)(F)C(F)(F)F. The second-order valence-electron chi connectivity index (χ2n) is 14.1. The number of rotatable bonds is 20. The molecule has 0 bridgehead atoms. The van der Waals surface area contributed by atoms with Crippen LogP contribution in [0.25, 0.3) is 0 Å². The van der Waals surface area contributed by atoms with Gasteiger partial charge in [-0.15, -0.1) is 0 Å². The molecule has 0 fully saturated rings. The Morgan fingerprint density at radius 3 is 0.329 bits per heavy atom. The summed E-state index contributed by atoms with van der Waals surface area (Å²) in [5, 5.41) is 0. The topological polar surface area (TPSA) is 0 Å². The molecule has 0 aromatic heterocycles. The Balaban J connectivity index is 10.6. The molecule has 0 nitrogen and oxygen atoms in total. The van der Waals surface area contributed by atoms with Crippen molar-refractivity contribution >= 4 is 6.15 Å². The quantitative estimate of drug-likeness (QED) is 0.0842. The van der Waals surface area contributed by atoms with Gasteiger partial charge in [-0.1, -0.05) is 0 Å². The number of alkyl halides is 48. The van der Waals surface area contributed by atoms with Crippen LogP contribution in [0.4, 0.5) is 211 Å². The second-order valence-corrected chi connectivity index (χ2v) is 14.1. The molecule has 0 aliphatic carbocycles. The summed E-state index contributed by atoms with van der Waals surface area (Å²) in [6, 6.07) is 0. The average Bonchev–Trinajstić information content (AvgIpc) is 3.14. The highest BCUT2D eigenvalue weighted by atomic mass is 19.5. The van der Waals surface area contributed by atoms with E-state index in [4.69, 9.17) is 0 Å². The number of hydrogen-bond donors (Lipinski definition) is 0. The molecule has 0 aromatic rings. The van der Waals surface area contributed by atoms with Gasteiger partial charge in [0.15, 0.2) is 6.15 Å². The van der Waals surface area contributed by atoms with E-state index in [1.807, 2.05) is 0 Å². The molecule has 0 saturated carbocycles. The molecule has 0 aliphatic rings. The number of hydrogen-bond acceptors (Lipinski definition) is 0. The van der Waals surface area contributed by atoms with Gasteiger partial charge in [-0.3, -0.25) is 17.6 Å². The third-order valence-electron chi connectivity index (χ3n) is 9.67. The van der Waals surface area contributed by atoms with Crippen LogP contribution in [-0.2, 0) is 0 Å². The maximum Gasteiger partial charge on any atom is 0.460 e. The van der Waals surface area contributed by atoms with Gasteiger partial charge in [0.05, 0.1) is 24.3 Å². The summed E-state index contributed by atoms with van der Waals surface area (Å²) >= 11 is 0. The van der Waals surface area contributed by atoms with Crippen molar-refractivity contribution < 1.29 is 211 Å². The van der Waals surface area contributed by atoms with Crippen LogP contribution in [0, 0.1) is 0 Å². The van der Waals surface area contributed by atoms with E-state index in [1.165, 1.54) is 0 Å². The monoisotopic (exact) mass is 1210 g/mol. The Labute approximate surface area is 362 Å². The first-order chi connectivity index (χ1) is 30.6. The molecule has 73 heavy (non-hydrogen) atoms. The lowest BCUT2D eigenvalue weighted by atomic mass is 9.11. The molecule has 0 N–H and O–H groups in total. The van der Waals surface area contributed by atoms with E-state index < -0.39 is 150 Å². The smallest absolute Gasteiger partial charge is 0.283 e. The van der Waals surface area contributed by atoms with E-state index in [1.54, 1.807) is 0 Å². The van der Waals surface area contributed by atoms with E-state index in [2.05, 4.69) is 0 Å². The third kappa shape index (κ3) is 8.58. The molecular weight excluding hydrogens is 1210 g/mol. The van der Waals surface area contributed by atoms with Crippen molar-refractivity contribution in [2.45, 2.75) is 144 Å². The van der Waals surface area contributed by atoms with Gasteiger partial charge in [-0.25, -0.2) is 35.1 Å². The Morgan fingerprint density at radius 2 is 0.247 bits per heavy atom. The highest BCUT2D eigenvalue weighted by molar-refractivity contribution is 6.85. The largest absolute Gasteiger partial charge is 0.460 e. The zero-order valence-corrected chi connectivity index (χ0v) is 31.0. The summed E-state index contributed by atoms with van der Waals surface area (Å²) in [6.07, 6.45) is -88.3. The van der Waals surface area contributed by atoms with Crippen LogP contribution in [0.2, 0.25) is 0 Å². The summed E-state index contributed by atoms with van der Waals surface area (Å²) in [6.45, 7) is 0. The van der Waals surface area contributed by atoms with E-state index in [0.29, 0.717) is 0 Å². The van der Waals surface area contributed by atoms with Crippen LogP contribution >= 0.6 is 0 Å². The van der Waals surface area contributed by atoms with Crippen molar-refractivity contribution in [1.29, 1.82) is 0 Å². The number of halogens is 48. The summed E-state index contributed by atoms with van der Waals surface area (Å²) < 4.78 is 669. The lowest BCUT2D eigenvalue weighted by molar-refractivity contribution is -0.430. The molecule has 4 unspecified atom stereocenters. The van der Waals surface area contributed by atoms with Crippen molar-refractivity contribution in [2.75, 3.05) is 0 Å². The minimum absolute atomic E-state index is 9.03.